The molecule has 0 unspecified atom stereocenters. The Balaban J connectivity index is 2.13. The zero-order chi connectivity index (χ0) is 9.80. The quantitative estimate of drug-likeness (QED) is 0.609. The van der Waals surface area contributed by atoms with E-state index in [2.05, 4.69) is 37.5 Å². The van der Waals surface area contributed by atoms with Crippen LogP contribution in [0.4, 0.5) is 5.82 Å². The summed E-state index contributed by atoms with van der Waals surface area (Å²) in [5.41, 5.74) is 0. The molecule has 5 heteroatoms. The highest BCUT2D eigenvalue weighted by atomic mass is 127. The fraction of sp³-hybridized carbons (Fsp3) is 0.556. The van der Waals surface area contributed by atoms with Gasteiger partial charge < -0.3 is 9.64 Å². The van der Waals surface area contributed by atoms with Crippen molar-refractivity contribution in [1.29, 1.82) is 0 Å². The molecule has 0 aliphatic carbocycles. The first-order valence-electron chi connectivity index (χ1n) is 4.61. The molecule has 1 saturated heterocycles. The normalized spacial score (nSPS) is 17.1. The van der Waals surface area contributed by atoms with E-state index >= 15 is 0 Å². The lowest BCUT2D eigenvalue weighted by Crippen LogP contribution is -2.36. The monoisotopic (exact) mass is 305 g/mol. The maximum absolute atomic E-state index is 5.29. The number of halogens is 1. The molecule has 14 heavy (non-hydrogen) atoms. The molecular formula is C9H12IN3O. The predicted molar refractivity (Wildman–Crippen MR) is 62.8 cm³/mol. The first-order chi connectivity index (χ1) is 6.90. The van der Waals surface area contributed by atoms with Crippen LogP contribution in [0, 0.1) is 0 Å². The Labute approximate surface area is 96.8 Å². The van der Waals surface area contributed by atoms with Gasteiger partial charge >= 0.3 is 0 Å². The first-order valence-corrected chi connectivity index (χ1v) is 6.13. The average molecular weight is 305 g/mol. The molecule has 0 aromatic carbocycles. The third kappa shape index (κ3) is 2.33. The van der Waals surface area contributed by atoms with E-state index in [0.717, 1.165) is 42.4 Å². The second-order valence-corrected chi connectivity index (χ2v) is 3.83. The van der Waals surface area contributed by atoms with Crippen molar-refractivity contribution < 1.29 is 4.74 Å². The summed E-state index contributed by atoms with van der Waals surface area (Å²) in [5.74, 6) is 1.92. The Morgan fingerprint density at radius 3 is 2.93 bits per heavy atom. The van der Waals surface area contributed by atoms with E-state index in [9.17, 15) is 0 Å². The number of anilines is 1. The number of alkyl halides is 1. The van der Waals surface area contributed by atoms with Crippen LogP contribution in [0.3, 0.4) is 0 Å². The van der Waals surface area contributed by atoms with Crippen LogP contribution in [0.1, 0.15) is 5.82 Å². The molecule has 76 valence electrons. The van der Waals surface area contributed by atoms with Gasteiger partial charge in [0.15, 0.2) is 0 Å². The van der Waals surface area contributed by atoms with Crippen LogP contribution >= 0.6 is 22.6 Å². The maximum Gasteiger partial charge on any atom is 0.140 e. The van der Waals surface area contributed by atoms with Crippen LogP contribution in [-0.4, -0.2) is 36.3 Å². The molecule has 1 aromatic heterocycles. The lowest BCUT2D eigenvalue weighted by molar-refractivity contribution is 0.122. The van der Waals surface area contributed by atoms with E-state index < -0.39 is 0 Å². The van der Waals surface area contributed by atoms with Crippen LogP contribution in [0.2, 0.25) is 0 Å². The lowest BCUT2D eigenvalue weighted by atomic mass is 10.4. The van der Waals surface area contributed by atoms with Crippen LogP contribution in [0.15, 0.2) is 12.3 Å². The lowest BCUT2D eigenvalue weighted by Gasteiger charge is -2.27. The summed E-state index contributed by atoms with van der Waals surface area (Å²) in [4.78, 5) is 10.9. The number of ether oxygens (including phenoxy) is 1. The summed E-state index contributed by atoms with van der Waals surface area (Å²) in [5, 5.41) is 0. The van der Waals surface area contributed by atoms with Gasteiger partial charge in [-0.05, 0) is 6.07 Å². The molecule has 0 N–H and O–H groups in total. The third-order valence-corrected chi connectivity index (χ3v) is 2.83. The van der Waals surface area contributed by atoms with Gasteiger partial charge in [-0.3, -0.25) is 0 Å². The summed E-state index contributed by atoms with van der Waals surface area (Å²) in [6, 6.07) is 1.96. The van der Waals surface area contributed by atoms with Gasteiger partial charge in [0.25, 0.3) is 0 Å². The van der Waals surface area contributed by atoms with E-state index in [0.29, 0.717) is 0 Å². The minimum Gasteiger partial charge on any atom is -0.378 e. The predicted octanol–water partition coefficient (Wildman–Crippen LogP) is 1.25. The van der Waals surface area contributed by atoms with Gasteiger partial charge in [0.2, 0.25) is 0 Å². The van der Waals surface area contributed by atoms with Crippen molar-refractivity contribution in [3.63, 3.8) is 0 Å². The zero-order valence-corrected chi connectivity index (χ0v) is 9.98. The van der Waals surface area contributed by atoms with Gasteiger partial charge in [-0.15, -0.1) is 0 Å². The van der Waals surface area contributed by atoms with Gasteiger partial charge in [-0.2, -0.15) is 0 Å². The molecule has 0 bridgehead atoms. The smallest absolute Gasteiger partial charge is 0.140 e. The topological polar surface area (TPSA) is 38.2 Å². The molecular weight excluding hydrogens is 293 g/mol. The Morgan fingerprint density at radius 1 is 1.43 bits per heavy atom. The SMILES string of the molecule is ICc1nccc(N2CCOCC2)n1. The largest absolute Gasteiger partial charge is 0.378 e. The van der Waals surface area contributed by atoms with Crippen molar-refractivity contribution in [2.24, 2.45) is 0 Å². The molecule has 1 aromatic rings. The van der Waals surface area contributed by atoms with Gasteiger partial charge in [0, 0.05) is 19.3 Å². The highest BCUT2D eigenvalue weighted by Crippen LogP contribution is 2.12. The third-order valence-electron chi connectivity index (χ3n) is 2.15. The summed E-state index contributed by atoms with van der Waals surface area (Å²) in [6.45, 7) is 3.45. The Morgan fingerprint density at radius 2 is 2.21 bits per heavy atom. The summed E-state index contributed by atoms with van der Waals surface area (Å²) >= 11 is 2.27. The minimum absolute atomic E-state index is 0.795. The second kappa shape index (κ2) is 4.88. The molecule has 2 rings (SSSR count). The van der Waals surface area contributed by atoms with Gasteiger partial charge in [-0.25, -0.2) is 9.97 Å². The molecule has 1 aliphatic rings. The fourth-order valence-electron chi connectivity index (χ4n) is 1.42. The second-order valence-electron chi connectivity index (χ2n) is 3.06. The van der Waals surface area contributed by atoms with E-state index in [4.69, 9.17) is 4.74 Å². The Kier molecular flexibility index (Phi) is 3.52. The van der Waals surface area contributed by atoms with Gasteiger partial charge in [0.1, 0.15) is 11.6 Å². The summed E-state index contributed by atoms with van der Waals surface area (Å²) in [7, 11) is 0. The number of hydrogen-bond donors (Lipinski definition) is 0. The van der Waals surface area contributed by atoms with Crippen molar-refractivity contribution >= 4 is 28.4 Å². The number of hydrogen-bond acceptors (Lipinski definition) is 4. The highest BCUT2D eigenvalue weighted by molar-refractivity contribution is 14.1. The van der Waals surface area contributed by atoms with E-state index in [1.807, 2.05) is 12.3 Å². The molecule has 0 spiro atoms. The molecule has 4 nitrogen and oxygen atoms in total. The molecule has 0 amide bonds. The first kappa shape index (κ1) is 10.1. The maximum atomic E-state index is 5.29. The van der Waals surface area contributed by atoms with Crippen molar-refractivity contribution in [2.45, 2.75) is 4.43 Å². The molecule has 0 saturated carbocycles. The summed E-state index contributed by atoms with van der Waals surface area (Å²) < 4.78 is 6.15. The standard InChI is InChI=1S/C9H12IN3O/c10-7-8-11-2-1-9(12-8)13-3-5-14-6-4-13/h1-2H,3-7H2. The number of morpholine rings is 1. The number of rotatable bonds is 2. The summed E-state index contributed by atoms with van der Waals surface area (Å²) in [6.07, 6.45) is 1.83. The van der Waals surface area contributed by atoms with E-state index in [1.54, 1.807) is 0 Å². The fourth-order valence-corrected chi connectivity index (χ4v) is 1.79. The van der Waals surface area contributed by atoms with Crippen LogP contribution in [0.25, 0.3) is 0 Å². The van der Waals surface area contributed by atoms with Crippen molar-refractivity contribution in [3.8, 4) is 0 Å². The Bertz CT molecular complexity index is 302. The van der Waals surface area contributed by atoms with Crippen LogP contribution in [0.5, 0.6) is 0 Å². The minimum atomic E-state index is 0.795. The van der Waals surface area contributed by atoms with E-state index in [-0.39, 0.29) is 0 Å². The molecule has 0 radical (unpaired) electrons. The van der Waals surface area contributed by atoms with Crippen molar-refractivity contribution in [3.05, 3.63) is 18.1 Å². The highest BCUT2D eigenvalue weighted by Gasteiger charge is 2.12. The zero-order valence-electron chi connectivity index (χ0n) is 7.82. The van der Waals surface area contributed by atoms with Gasteiger partial charge in [-0.1, -0.05) is 22.6 Å². The number of aromatic nitrogens is 2. The number of nitrogens with zero attached hydrogens (tertiary/aromatic N) is 3. The van der Waals surface area contributed by atoms with E-state index in [1.165, 1.54) is 0 Å². The van der Waals surface area contributed by atoms with Crippen molar-refractivity contribution in [1.82, 2.24) is 9.97 Å². The van der Waals surface area contributed by atoms with Crippen LogP contribution < -0.4 is 4.90 Å². The molecule has 1 fully saturated rings. The Hall–Kier alpha value is -0.430. The molecule has 1 aliphatic heterocycles. The average Bonchev–Trinajstić information content (AvgIpc) is 2.30. The van der Waals surface area contributed by atoms with Crippen molar-refractivity contribution in [2.75, 3.05) is 31.2 Å². The molecule has 0 atom stereocenters. The van der Waals surface area contributed by atoms with Gasteiger partial charge in [0.05, 0.1) is 17.6 Å². The molecule has 2 heterocycles. The van der Waals surface area contributed by atoms with Crippen LogP contribution in [-0.2, 0) is 9.16 Å².